The number of ketones is 1. The number of carbonyl (C=O) groups is 1. The Balaban J connectivity index is 2.14. The van der Waals surface area contributed by atoms with Gasteiger partial charge in [0.2, 0.25) is 0 Å². The molecular formula is C9H8N2OS2. The zero-order valence-electron chi connectivity index (χ0n) is 7.56. The number of rotatable bonds is 3. The Hall–Kier alpha value is -1.07. The standard InChI is InChI=1S/C9H8N2OS2/c1-6-9(14-5-11-6)8(12)2-7-3-10-4-13-7/h3-5H,2H2,1H3. The summed E-state index contributed by atoms with van der Waals surface area (Å²) in [4.78, 5) is 21.5. The van der Waals surface area contributed by atoms with Gasteiger partial charge in [-0.25, -0.2) is 4.98 Å². The van der Waals surface area contributed by atoms with Crippen LogP contribution in [0.25, 0.3) is 0 Å². The molecule has 2 aromatic heterocycles. The van der Waals surface area contributed by atoms with E-state index < -0.39 is 0 Å². The average Bonchev–Trinajstić information content (AvgIpc) is 2.75. The molecule has 0 atom stereocenters. The van der Waals surface area contributed by atoms with E-state index in [0.717, 1.165) is 15.4 Å². The quantitative estimate of drug-likeness (QED) is 0.751. The molecule has 0 aliphatic rings. The predicted molar refractivity (Wildman–Crippen MR) is 57.0 cm³/mol. The second kappa shape index (κ2) is 3.98. The van der Waals surface area contributed by atoms with Crippen molar-refractivity contribution in [1.82, 2.24) is 9.97 Å². The molecule has 0 fully saturated rings. The highest BCUT2D eigenvalue weighted by Crippen LogP contribution is 2.16. The fourth-order valence-electron chi connectivity index (χ4n) is 1.14. The zero-order valence-corrected chi connectivity index (χ0v) is 9.19. The van der Waals surface area contributed by atoms with Gasteiger partial charge in [0.15, 0.2) is 5.78 Å². The van der Waals surface area contributed by atoms with Crippen molar-refractivity contribution < 1.29 is 4.79 Å². The zero-order chi connectivity index (χ0) is 9.97. The summed E-state index contributed by atoms with van der Waals surface area (Å²) in [5.41, 5.74) is 4.27. The first-order valence-electron chi connectivity index (χ1n) is 4.08. The third kappa shape index (κ3) is 1.88. The van der Waals surface area contributed by atoms with Gasteiger partial charge in [0.1, 0.15) is 0 Å². The van der Waals surface area contributed by atoms with Crippen LogP contribution < -0.4 is 0 Å². The Morgan fingerprint density at radius 3 is 2.86 bits per heavy atom. The fourth-order valence-corrected chi connectivity index (χ4v) is 2.47. The van der Waals surface area contributed by atoms with Gasteiger partial charge in [-0.1, -0.05) is 0 Å². The van der Waals surface area contributed by atoms with Crippen molar-refractivity contribution in [3.63, 3.8) is 0 Å². The number of carbonyl (C=O) groups excluding carboxylic acids is 1. The first-order chi connectivity index (χ1) is 6.77. The summed E-state index contributed by atoms with van der Waals surface area (Å²) in [6.07, 6.45) is 2.17. The summed E-state index contributed by atoms with van der Waals surface area (Å²) in [7, 11) is 0. The molecule has 0 aliphatic heterocycles. The highest BCUT2D eigenvalue weighted by Gasteiger charge is 2.12. The molecule has 0 saturated heterocycles. The van der Waals surface area contributed by atoms with Crippen LogP contribution in [0.1, 0.15) is 20.2 Å². The van der Waals surface area contributed by atoms with Crippen LogP contribution in [0.15, 0.2) is 17.2 Å². The van der Waals surface area contributed by atoms with Crippen LogP contribution in [0, 0.1) is 6.92 Å². The smallest absolute Gasteiger partial charge is 0.179 e. The molecule has 2 heterocycles. The van der Waals surface area contributed by atoms with Gasteiger partial charge in [0.25, 0.3) is 0 Å². The topological polar surface area (TPSA) is 42.9 Å². The van der Waals surface area contributed by atoms with Gasteiger partial charge in [-0.2, -0.15) is 0 Å². The molecule has 0 aliphatic carbocycles. The van der Waals surface area contributed by atoms with Gasteiger partial charge < -0.3 is 0 Å². The van der Waals surface area contributed by atoms with Crippen molar-refractivity contribution in [3.05, 3.63) is 32.7 Å². The van der Waals surface area contributed by atoms with E-state index in [9.17, 15) is 4.79 Å². The number of nitrogens with zero attached hydrogens (tertiary/aromatic N) is 2. The molecule has 0 unspecified atom stereocenters. The molecule has 0 N–H and O–H groups in total. The molecule has 72 valence electrons. The summed E-state index contributed by atoms with van der Waals surface area (Å²) < 4.78 is 0. The minimum absolute atomic E-state index is 0.134. The number of Topliss-reactive ketones (excluding diaryl/α,β-unsaturated/α-hetero) is 1. The molecule has 5 heteroatoms. The van der Waals surface area contributed by atoms with Crippen LogP contribution in [0.5, 0.6) is 0 Å². The third-order valence-corrected chi connectivity index (χ3v) is 3.57. The lowest BCUT2D eigenvalue weighted by Gasteiger charge is -1.94. The molecule has 0 radical (unpaired) electrons. The van der Waals surface area contributed by atoms with E-state index in [1.54, 1.807) is 17.2 Å². The normalized spacial score (nSPS) is 10.4. The second-order valence-corrected chi connectivity index (χ2v) is 4.66. The van der Waals surface area contributed by atoms with Gasteiger partial charge in [0, 0.05) is 17.5 Å². The van der Waals surface area contributed by atoms with E-state index in [1.807, 2.05) is 6.92 Å². The molecule has 2 rings (SSSR count). The van der Waals surface area contributed by atoms with Gasteiger partial charge >= 0.3 is 0 Å². The van der Waals surface area contributed by atoms with Crippen LogP contribution in [0.3, 0.4) is 0 Å². The van der Waals surface area contributed by atoms with Crippen molar-refractivity contribution in [2.75, 3.05) is 0 Å². The largest absolute Gasteiger partial charge is 0.293 e. The predicted octanol–water partition coefficient (Wildman–Crippen LogP) is 2.33. The second-order valence-electron chi connectivity index (χ2n) is 2.83. The number of hydrogen-bond acceptors (Lipinski definition) is 5. The molecule has 2 aromatic rings. The maximum atomic E-state index is 11.7. The number of thiazole rings is 2. The van der Waals surface area contributed by atoms with Crippen LogP contribution >= 0.6 is 22.7 Å². The highest BCUT2D eigenvalue weighted by molar-refractivity contribution is 7.12. The SMILES string of the molecule is Cc1ncsc1C(=O)Cc1cncs1. The van der Waals surface area contributed by atoms with E-state index in [-0.39, 0.29) is 5.78 Å². The molecular weight excluding hydrogens is 216 g/mol. The first kappa shape index (κ1) is 9.48. The minimum atomic E-state index is 0.134. The molecule has 0 amide bonds. The summed E-state index contributed by atoms with van der Waals surface area (Å²) >= 11 is 2.91. The summed E-state index contributed by atoms with van der Waals surface area (Å²) in [6.45, 7) is 1.86. The molecule has 0 saturated carbocycles. The molecule has 0 spiro atoms. The number of aryl methyl sites for hydroxylation is 1. The molecule has 14 heavy (non-hydrogen) atoms. The lowest BCUT2D eigenvalue weighted by molar-refractivity contribution is 0.0997. The first-order valence-corrected chi connectivity index (χ1v) is 5.84. The van der Waals surface area contributed by atoms with E-state index in [4.69, 9.17) is 0 Å². The molecule has 3 nitrogen and oxygen atoms in total. The fraction of sp³-hybridized carbons (Fsp3) is 0.222. The maximum absolute atomic E-state index is 11.7. The van der Waals surface area contributed by atoms with E-state index >= 15 is 0 Å². The number of hydrogen-bond donors (Lipinski definition) is 0. The summed E-state index contributed by atoms with van der Waals surface area (Å²) in [6, 6.07) is 0. The van der Waals surface area contributed by atoms with Crippen LogP contribution in [-0.4, -0.2) is 15.8 Å². The van der Waals surface area contributed by atoms with Gasteiger partial charge in [-0.3, -0.25) is 9.78 Å². The third-order valence-electron chi connectivity index (χ3n) is 1.82. The van der Waals surface area contributed by atoms with Crippen molar-refractivity contribution in [3.8, 4) is 0 Å². The maximum Gasteiger partial charge on any atom is 0.179 e. The Morgan fingerprint density at radius 2 is 2.29 bits per heavy atom. The molecule has 0 aromatic carbocycles. The van der Waals surface area contributed by atoms with Crippen molar-refractivity contribution in [2.24, 2.45) is 0 Å². The van der Waals surface area contributed by atoms with E-state index in [1.165, 1.54) is 22.7 Å². The van der Waals surface area contributed by atoms with E-state index in [0.29, 0.717) is 6.42 Å². The van der Waals surface area contributed by atoms with Crippen molar-refractivity contribution >= 4 is 28.5 Å². The monoisotopic (exact) mass is 224 g/mol. The Bertz CT molecular complexity index is 433. The summed E-state index contributed by atoms with van der Waals surface area (Å²) in [5, 5.41) is 0. The van der Waals surface area contributed by atoms with Crippen LogP contribution in [-0.2, 0) is 6.42 Å². The number of aromatic nitrogens is 2. The Kier molecular flexibility index (Phi) is 2.69. The lowest BCUT2D eigenvalue weighted by Crippen LogP contribution is -2.01. The Labute approximate surface area is 89.5 Å². The van der Waals surface area contributed by atoms with Crippen LogP contribution in [0.2, 0.25) is 0 Å². The Morgan fingerprint density at radius 1 is 1.43 bits per heavy atom. The minimum Gasteiger partial charge on any atom is -0.293 e. The van der Waals surface area contributed by atoms with Crippen molar-refractivity contribution in [2.45, 2.75) is 13.3 Å². The highest BCUT2D eigenvalue weighted by atomic mass is 32.1. The van der Waals surface area contributed by atoms with Gasteiger partial charge in [0.05, 0.1) is 21.6 Å². The van der Waals surface area contributed by atoms with E-state index in [2.05, 4.69) is 9.97 Å². The van der Waals surface area contributed by atoms with Crippen LogP contribution in [0.4, 0.5) is 0 Å². The van der Waals surface area contributed by atoms with Crippen molar-refractivity contribution in [1.29, 1.82) is 0 Å². The molecule has 0 bridgehead atoms. The lowest BCUT2D eigenvalue weighted by atomic mass is 10.2. The summed E-state index contributed by atoms with van der Waals surface area (Å²) in [5.74, 6) is 0.134. The average molecular weight is 224 g/mol. The van der Waals surface area contributed by atoms with Gasteiger partial charge in [-0.15, -0.1) is 22.7 Å². The van der Waals surface area contributed by atoms with Gasteiger partial charge in [-0.05, 0) is 6.92 Å².